The van der Waals surface area contributed by atoms with E-state index in [0.717, 1.165) is 5.69 Å². The molecule has 9 heteroatoms. The third-order valence-electron chi connectivity index (χ3n) is 2.73. The molecule has 0 spiro atoms. The molecule has 0 bridgehead atoms. The summed E-state index contributed by atoms with van der Waals surface area (Å²) in [7, 11) is 0. The van der Waals surface area contributed by atoms with Gasteiger partial charge in [0.05, 0.1) is 10.7 Å². The zero-order valence-electron chi connectivity index (χ0n) is 12.1. The summed E-state index contributed by atoms with van der Waals surface area (Å²) in [5, 5.41) is 16.9. The number of hydrogen-bond acceptors (Lipinski definition) is 7. The summed E-state index contributed by atoms with van der Waals surface area (Å²) >= 11 is 1.27. The van der Waals surface area contributed by atoms with Gasteiger partial charge in [0.1, 0.15) is 0 Å². The molecule has 2 N–H and O–H groups in total. The number of amides is 1. The van der Waals surface area contributed by atoms with Gasteiger partial charge in [-0.05, 0) is 18.2 Å². The van der Waals surface area contributed by atoms with Crippen molar-refractivity contribution in [3.05, 3.63) is 52.8 Å². The van der Waals surface area contributed by atoms with E-state index >= 15 is 0 Å². The van der Waals surface area contributed by atoms with Gasteiger partial charge in [0.2, 0.25) is 5.91 Å². The van der Waals surface area contributed by atoms with E-state index in [1.165, 1.54) is 23.9 Å². The number of aromatic nitrogens is 2. The van der Waals surface area contributed by atoms with E-state index in [1.54, 1.807) is 30.6 Å². The minimum atomic E-state index is -0.446. The molecule has 0 unspecified atom stereocenters. The summed E-state index contributed by atoms with van der Waals surface area (Å²) in [6.45, 7) is 0.974. The van der Waals surface area contributed by atoms with Crippen molar-refractivity contribution in [1.82, 2.24) is 15.3 Å². The topological polar surface area (TPSA) is 110 Å². The van der Waals surface area contributed by atoms with Crippen molar-refractivity contribution in [2.24, 2.45) is 0 Å². The summed E-state index contributed by atoms with van der Waals surface area (Å²) < 4.78 is 0. The highest BCUT2D eigenvalue weighted by Gasteiger charge is 2.05. The van der Waals surface area contributed by atoms with Crippen LogP contribution in [0.3, 0.4) is 0 Å². The fraction of sp³-hybridized carbons (Fsp3) is 0.214. The molecule has 1 amide bonds. The van der Waals surface area contributed by atoms with Crippen molar-refractivity contribution >= 4 is 29.0 Å². The second kappa shape index (κ2) is 8.69. The summed E-state index contributed by atoms with van der Waals surface area (Å²) in [6, 6.07) is 7.83. The lowest BCUT2D eigenvalue weighted by Crippen LogP contribution is -2.30. The molecule has 2 aromatic rings. The third-order valence-corrected chi connectivity index (χ3v) is 3.60. The molecule has 0 fully saturated rings. The minimum Gasteiger partial charge on any atom is -0.383 e. The molecule has 0 aliphatic rings. The lowest BCUT2D eigenvalue weighted by molar-refractivity contribution is -0.384. The van der Waals surface area contributed by atoms with Gasteiger partial charge in [-0.2, -0.15) is 0 Å². The van der Waals surface area contributed by atoms with E-state index < -0.39 is 4.92 Å². The number of nitro groups is 1. The molecule has 0 radical (unpaired) electrons. The summed E-state index contributed by atoms with van der Waals surface area (Å²) in [5.41, 5.74) is 0.806. The Morgan fingerprint density at radius 1 is 1.17 bits per heavy atom. The van der Waals surface area contributed by atoms with Crippen molar-refractivity contribution in [1.29, 1.82) is 0 Å². The highest BCUT2D eigenvalue weighted by molar-refractivity contribution is 7.99. The Kier molecular flexibility index (Phi) is 6.30. The van der Waals surface area contributed by atoms with Crippen LogP contribution in [0.15, 0.2) is 47.9 Å². The van der Waals surface area contributed by atoms with Crippen LogP contribution in [0.2, 0.25) is 0 Å². The Morgan fingerprint density at radius 3 is 2.52 bits per heavy atom. The predicted octanol–water partition coefficient (Wildman–Crippen LogP) is 1.71. The fourth-order valence-corrected chi connectivity index (χ4v) is 2.28. The zero-order chi connectivity index (χ0) is 16.5. The van der Waals surface area contributed by atoms with Crippen LogP contribution < -0.4 is 10.6 Å². The number of anilines is 1. The van der Waals surface area contributed by atoms with E-state index in [4.69, 9.17) is 0 Å². The number of thioether (sulfide) groups is 1. The van der Waals surface area contributed by atoms with Crippen LogP contribution in [0.4, 0.5) is 11.4 Å². The molecule has 1 aromatic heterocycles. The smallest absolute Gasteiger partial charge is 0.269 e. The average Bonchev–Trinajstić information content (AvgIpc) is 2.58. The molecule has 0 atom stereocenters. The van der Waals surface area contributed by atoms with Crippen molar-refractivity contribution in [3.63, 3.8) is 0 Å². The predicted molar refractivity (Wildman–Crippen MR) is 87.4 cm³/mol. The number of benzene rings is 1. The van der Waals surface area contributed by atoms with Gasteiger partial charge < -0.3 is 10.6 Å². The second-order valence-corrected chi connectivity index (χ2v) is 5.34. The number of nitrogens with one attached hydrogen (secondary N) is 2. The van der Waals surface area contributed by atoms with Crippen molar-refractivity contribution < 1.29 is 9.72 Å². The van der Waals surface area contributed by atoms with Gasteiger partial charge in [-0.1, -0.05) is 11.8 Å². The summed E-state index contributed by atoms with van der Waals surface area (Å²) in [6.07, 6.45) is 3.25. The first-order valence-corrected chi connectivity index (χ1v) is 7.78. The van der Waals surface area contributed by atoms with Crippen molar-refractivity contribution in [2.45, 2.75) is 5.16 Å². The number of non-ortho nitro benzene ring substituents is 1. The third kappa shape index (κ3) is 5.91. The van der Waals surface area contributed by atoms with Crippen LogP contribution in [-0.2, 0) is 4.79 Å². The summed E-state index contributed by atoms with van der Waals surface area (Å²) in [5.74, 6) is 0.148. The molecule has 23 heavy (non-hydrogen) atoms. The lowest BCUT2D eigenvalue weighted by atomic mass is 10.3. The van der Waals surface area contributed by atoms with Crippen LogP contribution in [0, 0.1) is 10.1 Å². The van der Waals surface area contributed by atoms with E-state index in [-0.39, 0.29) is 17.3 Å². The molecule has 0 aliphatic carbocycles. The Hall–Kier alpha value is -2.68. The number of carbonyl (C=O) groups excluding carboxylic acids is 1. The van der Waals surface area contributed by atoms with E-state index in [9.17, 15) is 14.9 Å². The number of carbonyl (C=O) groups is 1. The SMILES string of the molecule is O=C(CSc1ncccn1)NCCNc1ccc([N+](=O)[O-])cc1. The second-order valence-electron chi connectivity index (χ2n) is 4.40. The monoisotopic (exact) mass is 333 g/mol. The molecule has 120 valence electrons. The number of nitrogens with zero attached hydrogens (tertiary/aromatic N) is 3. The molecule has 0 saturated heterocycles. The standard InChI is InChI=1S/C14H15N5O3S/c20-13(10-23-14-17-6-1-7-18-14)16-9-8-15-11-2-4-12(5-3-11)19(21)22/h1-7,15H,8-10H2,(H,16,20). The molecule has 0 aliphatic heterocycles. The van der Waals surface area contributed by atoms with Crippen LogP contribution in [0.1, 0.15) is 0 Å². The molecule has 2 rings (SSSR count). The maximum absolute atomic E-state index is 11.7. The minimum absolute atomic E-state index is 0.0454. The zero-order valence-corrected chi connectivity index (χ0v) is 13.0. The quantitative estimate of drug-likeness (QED) is 0.249. The van der Waals surface area contributed by atoms with E-state index in [0.29, 0.717) is 18.2 Å². The van der Waals surface area contributed by atoms with Crippen LogP contribution in [-0.4, -0.2) is 39.6 Å². The molecular formula is C14H15N5O3S. The van der Waals surface area contributed by atoms with Gasteiger partial charge >= 0.3 is 0 Å². The van der Waals surface area contributed by atoms with E-state index in [2.05, 4.69) is 20.6 Å². The Balaban J connectivity index is 1.63. The first-order valence-electron chi connectivity index (χ1n) is 6.80. The van der Waals surface area contributed by atoms with Gasteiger partial charge in [0.15, 0.2) is 5.16 Å². The van der Waals surface area contributed by atoms with Gasteiger partial charge in [0, 0.05) is 43.3 Å². The number of hydrogen-bond donors (Lipinski definition) is 2. The molecule has 1 aromatic carbocycles. The first-order chi connectivity index (χ1) is 11.1. The average molecular weight is 333 g/mol. The van der Waals surface area contributed by atoms with Crippen LogP contribution in [0.25, 0.3) is 0 Å². The number of nitro benzene ring substituents is 1. The van der Waals surface area contributed by atoms with Crippen LogP contribution in [0.5, 0.6) is 0 Å². The maximum Gasteiger partial charge on any atom is 0.269 e. The van der Waals surface area contributed by atoms with E-state index in [1.807, 2.05) is 0 Å². The van der Waals surface area contributed by atoms with Crippen LogP contribution >= 0.6 is 11.8 Å². The van der Waals surface area contributed by atoms with Gasteiger partial charge in [-0.15, -0.1) is 0 Å². The highest BCUT2D eigenvalue weighted by Crippen LogP contribution is 2.14. The Bertz CT molecular complexity index is 651. The Labute approximate surface area is 136 Å². The summed E-state index contributed by atoms with van der Waals surface area (Å²) in [4.78, 5) is 29.8. The first kappa shape index (κ1) is 16.7. The Morgan fingerprint density at radius 2 is 1.87 bits per heavy atom. The highest BCUT2D eigenvalue weighted by atomic mass is 32.2. The molecule has 8 nitrogen and oxygen atoms in total. The van der Waals surface area contributed by atoms with Gasteiger partial charge in [-0.3, -0.25) is 14.9 Å². The molecular weight excluding hydrogens is 318 g/mol. The van der Waals surface area contributed by atoms with Gasteiger partial charge in [0.25, 0.3) is 5.69 Å². The maximum atomic E-state index is 11.7. The lowest BCUT2D eigenvalue weighted by Gasteiger charge is -2.07. The molecule has 0 saturated carbocycles. The van der Waals surface area contributed by atoms with Crippen molar-refractivity contribution in [2.75, 3.05) is 24.2 Å². The fourth-order valence-electron chi connectivity index (χ4n) is 1.65. The number of rotatable bonds is 8. The normalized spacial score (nSPS) is 10.1. The van der Waals surface area contributed by atoms with Crippen molar-refractivity contribution in [3.8, 4) is 0 Å². The largest absolute Gasteiger partial charge is 0.383 e. The van der Waals surface area contributed by atoms with Gasteiger partial charge in [-0.25, -0.2) is 9.97 Å². The molecule has 1 heterocycles.